The zero-order valence-corrected chi connectivity index (χ0v) is 74.4. The largest absolute Gasteiger partial charge is 0.454 e. The van der Waals surface area contributed by atoms with E-state index in [1.165, 1.54) is 113 Å². The van der Waals surface area contributed by atoms with Gasteiger partial charge in [0.1, 0.15) is 11.2 Å². The molecule has 608 valence electrons. The minimum Gasteiger partial charge on any atom is -0.454 e. The molecule has 0 saturated heterocycles. The second kappa shape index (κ2) is 32.0. The maximum Gasteiger partial charge on any atom is 0.179 e. The van der Waals surface area contributed by atoms with Crippen LogP contribution in [0.1, 0.15) is 67.3 Å². The van der Waals surface area contributed by atoms with Crippen LogP contribution in [0, 0.1) is 20.8 Å². The summed E-state index contributed by atoms with van der Waals surface area (Å²) >= 11 is 0. The maximum absolute atomic E-state index is 6.92. The molecule has 0 amide bonds. The molecule has 0 aliphatic carbocycles. The molecule has 0 saturated carbocycles. The monoisotopic (exact) mass is 1660 g/mol. The van der Waals surface area contributed by atoms with E-state index in [4.69, 9.17) is 8.83 Å². The molecular weight excluding hydrogens is 1570 g/mol. The number of benzene rings is 20. The molecule has 0 fully saturated rings. The molecule has 2 aromatic heterocycles. The highest BCUT2D eigenvalue weighted by atomic mass is 28.3. The number of rotatable bonds is 20. The van der Waals surface area contributed by atoms with Gasteiger partial charge in [0.2, 0.25) is 0 Å². The van der Waals surface area contributed by atoms with Crippen molar-refractivity contribution in [3.8, 4) is 44.5 Å². The molecule has 2 heterocycles. The molecule has 0 aliphatic heterocycles. The third kappa shape index (κ3) is 13.3. The molecule has 20 aromatic carbocycles. The lowest BCUT2D eigenvalue weighted by Crippen LogP contribution is -2.74. The molecule has 0 atom stereocenters. The van der Waals surface area contributed by atoms with E-state index in [0.29, 0.717) is 0 Å². The fourth-order valence-electron chi connectivity index (χ4n) is 20.6. The molecule has 0 aliphatic rings. The van der Waals surface area contributed by atoms with Gasteiger partial charge in [0.25, 0.3) is 0 Å². The summed E-state index contributed by atoms with van der Waals surface area (Å²) < 4.78 is 13.8. The summed E-state index contributed by atoms with van der Waals surface area (Å²) in [5, 5.41) is 22.9. The number of para-hydroxylation sites is 4. The van der Waals surface area contributed by atoms with Crippen molar-refractivity contribution < 1.29 is 8.83 Å². The SMILES string of the molecule is Cc1ccc([Si](c2ccc(C)cc2)(c2ccc(C)cc2)c2ccc(-c3ccc(N(c4ccc(-c5cc(C(C)C)c6ccc7c(-c8ccc(N(c9ccc(-c%10ccc([Si](c%11ccccc%11)(c%11ccccc%11)c%11ccccc%11)cc%10)cc9)c9cccc%10c9oc9ccccc9%10)cc8)cc(C(C)C)c8ccc5c6c78)cc4)c4cccc5c4oc4ccccc45)cc3)cc2)cc1. The van der Waals surface area contributed by atoms with E-state index < -0.39 is 16.1 Å². The summed E-state index contributed by atoms with van der Waals surface area (Å²) in [6, 6.07) is 162. The summed E-state index contributed by atoms with van der Waals surface area (Å²) in [5.41, 5.74) is 25.2. The number of aryl methyl sites for hydroxylation is 3. The number of hydrogen-bond acceptors (Lipinski definition) is 4. The smallest absolute Gasteiger partial charge is 0.179 e. The predicted octanol–water partition coefficient (Wildman–Crippen LogP) is 27.9. The molecular formula is C121H94N2O2Si2. The van der Waals surface area contributed by atoms with Gasteiger partial charge in [-0.25, -0.2) is 0 Å². The highest BCUT2D eigenvalue weighted by molar-refractivity contribution is 7.20. The van der Waals surface area contributed by atoms with E-state index >= 15 is 0 Å². The Balaban J connectivity index is 0.624. The van der Waals surface area contributed by atoms with Crippen LogP contribution >= 0.6 is 0 Å². The first-order valence-electron chi connectivity index (χ1n) is 44.5. The molecule has 4 nitrogen and oxygen atoms in total. The molecule has 0 bridgehead atoms. The minimum absolute atomic E-state index is 0.246. The van der Waals surface area contributed by atoms with Gasteiger partial charge >= 0.3 is 0 Å². The van der Waals surface area contributed by atoms with Crippen molar-refractivity contribution in [3.05, 3.63) is 459 Å². The van der Waals surface area contributed by atoms with Crippen molar-refractivity contribution in [2.24, 2.45) is 0 Å². The summed E-state index contributed by atoms with van der Waals surface area (Å²) in [6.45, 7) is 15.9. The fourth-order valence-corrected chi connectivity index (χ4v) is 30.0. The summed E-state index contributed by atoms with van der Waals surface area (Å²) in [4.78, 5) is 4.75. The molecule has 22 rings (SSSR count). The zero-order chi connectivity index (χ0) is 85.6. The Morgan fingerprint density at radius 1 is 0.213 bits per heavy atom. The second-order valence-corrected chi connectivity index (χ2v) is 42.7. The number of nitrogens with zero attached hydrogens (tertiary/aromatic N) is 2. The molecule has 0 radical (unpaired) electrons. The highest BCUT2D eigenvalue weighted by Gasteiger charge is 2.43. The van der Waals surface area contributed by atoms with Crippen molar-refractivity contribution in [1.29, 1.82) is 0 Å². The van der Waals surface area contributed by atoms with Gasteiger partial charge in [-0.1, -0.05) is 390 Å². The quantitative estimate of drug-likeness (QED) is 0.0433. The van der Waals surface area contributed by atoms with Crippen LogP contribution in [-0.4, -0.2) is 16.1 Å². The lowest BCUT2D eigenvalue weighted by Gasteiger charge is -2.35. The normalized spacial score (nSPS) is 12.0. The summed E-state index contributed by atoms with van der Waals surface area (Å²) in [7, 11) is -5.50. The van der Waals surface area contributed by atoms with Gasteiger partial charge in [-0.3, -0.25) is 0 Å². The van der Waals surface area contributed by atoms with E-state index in [-0.39, 0.29) is 11.8 Å². The van der Waals surface area contributed by atoms with Crippen LogP contribution in [0.5, 0.6) is 0 Å². The van der Waals surface area contributed by atoms with Crippen LogP contribution in [0.15, 0.2) is 440 Å². The van der Waals surface area contributed by atoms with Gasteiger partial charge in [-0.05, 0) is 247 Å². The van der Waals surface area contributed by atoms with E-state index in [2.05, 4.69) is 489 Å². The van der Waals surface area contributed by atoms with Crippen LogP contribution < -0.4 is 51.3 Å². The lowest BCUT2D eigenvalue weighted by atomic mass is 9.81. The molecule has 22 aromatic rings. The van der Waals surface area contributed by atoms with Crippen LogP contribution in [0.4, 0.5) is 34.1 Å². The Kier molecular flexibility index (Phi) is 19.7. The summed E-state index contributed by atoms with van der Waals surface area (Å²) in [6.07, 6.45) is 0. The van der Waals surface area contributed by atoms with Crippen LogP contribution in [-0.2, 0) is 0 Å². The van der Waals surface area contributed by atoms with E-state index in [0.717, 1.165) is 111 Å². The third-order valence-corrected chi connectivity index (χ3v) is 36.6. The first-order valence-corrected chi connectivity index (χ1v) is 48.5. The van der Waals surface area contributed by atoms with Crippen LogP contribution in [0.3, 0.4) is 0 Å². The van der Waals surface area contributed by atoms with Crippen molar-refractivity contribution in [2.75, 3.05) is 9.80 Å². The Bertz CT molecular complexity index is 7520. The number of fused-ring (bicyclic) bond motifs is 6. The fraction of sp³-hybridized carbons (Fsp3) is 0.0744. The molecule has 0 unspecified atom stereocenters. The standard InChI is InChI=1S/C121H94N2O2Si2/c1-79(2)110-77-112(88-47-59-92(60-48-88)122(114-33-21-31-108-102-29-17-19-35-116(102)124-120(108)114)90-55-43-84(44-56-90)86-51-69-100(70-52-86)126(94-23-11-8-12-24-94,95-25-13-9-14-26-95)96-27-15-10-16-28-96)106-75-73-105-111(80(3)4)78-113(107-76-74-104(110)118(106)119(105)107)89-49-61-93(62-50-89)123(115-34-22-32-109-103-30-18-20-36-117(103)125-121(109)115)91-57-45-85(46-58-91)87-53-71-101(72-54-87)127(97-63-37-81(5)38-64-97,98-65-39-82(6)40-66-98)99-67-41-83(7)42-68-99/h8-80H,1-7H3. The van der Waals surface area contributed by atoms with Crippen molar-refractivity contribution in [1.82, 2.24) is 0 Å². The van der Waals surface area contributed by atoms with Gasteiger partial charge < -0.3 is 18.6 Å². The number of anilines is 6. The molecule has 6 heteroatoms. The van der Waals surface area contributed by atoms with Gasteiger partial charge in [-0.2, -0.15) is 0 Å². The first kappa shape index (κ1) is 78.1. The molecule has 127 heavy (non-hydrogen) atoms. The highest BCUT2D eigenvalue weighted by Crippen LogP contribution is 2.51. The van der Waals surface area contributed by atoms with Crippen molar-refractivity contribution in [3.63, 3.8) is 0 Å². The zero-order valence-electron chi connectivity index (χ0n) is 72.4. The average molecular weight is 1660 g/mol. The number of hydrogen-bond donors (Lipinski definition) is 0. The summed E-state index contributed by atoms with van der Waals surface area (Å²) in [5.74, 6) is 0.492. The van der Waals surface area contributed by atoms with Crippen molar-refractivity contribution >= 4 is 168 Å². The van der Waals surface area contributed by atoms with E-state index in [1.807, 2.05) is 0 Å². The van der Waals surface area contributed by atoms with Crippen LogP contribution in [0.25, 0.3) is 121 Å². The van der Waals surface area contributed by atoms with Crippen molar-refractivity contribution in [2.45, 2.75) is 60.3 Å². The lowest BCUT2D eigenvalue weighted by molar-refractivity contribution is 0.668. The van der Waals surface area contributed by atoms with Gasteiger partial charge in [0.05, 0.1) is 11.4 Å². The minimum atomic E-state index is -2.78. The molecule has 0 N–H and O–H groups in total. The van der Waals surface area contributed by atoms with E-state index in [9.17, 15) is 0 Å². The second-order valence-electron chi connectivity index (χ2n) is 35.1. The van der Waals surface area contributed by atoms with Gasteiger partial charge in [0.15, 0.2) is 27.3 Å². The maximum atomic E-state index is 6.92. The Morgan fingerprint density at radius 3 is 0.772 bits per heavy atom. The van der Waals surface area contributed by atoms with Crippen LogP contribution in [0.2, 0.25) is 0 Å². The Labute approximate surface area is 744 Å². The average Bonchev–Trinajstić information content (AvgIpc) is 1.31. The van der Waals surface area contributed by atoms with Gasteiger partial charge in [-0.15, -0.1) is 0 Å². The number of furan rings is 2. The molecule has 0 spiro atoms. The Morgan fingerprint density at radius 2 is 0.465 bits per heavy atom. The predicted molar refractivity (Wildman–Crippen MR) is 545 cm³/mol. The Hall–Kier alpha value is -14.9. The topological polar surface area (TPSA) is 32.8 Å². The van der Waals surface area contributed by atoms with Gasteiger partial charge in [0, 0.05) is 44.3 Å². The third-order valence-electron chi connectivity index (χ3n) is 27.0. The first-order chi connectivity index (χ1) is 62.3. The van der Waals surface area contributed by atoms with E-state index in [1.54, 1.807) is 0 Å².